The normalized spacial score (nSPS) is 13.7. The third-order valence-corrected chi connectivity index (χ3v) is 5.26. The predicted molar refractivity (Wildman–Crippen MR) is 89.7 cm³/mol. The Morgan fingerprint density at radius 2 is 1.26 bits per heavy atom. The van der Waals surface area contributed by atoms with Crippen molar-refractivity contribution in [3.05, 3.63) is 0 Å². The van der Waals surface area contributed by atoms with Gasteiger partial charge in [0, 0.05) is 0 Å². The zero-order valence-corrected chi connectivity index (χ0v) is 14.6. The Balaban J connectivity index is 3.79. The topological polar surface area (TPSA) is 0 Å². The van der Waals surface area contributed by atoms with Crippen molar-refractivity contribution in [2.75, 3.05) is 0 Å². The first-order valence-corrected chi connectivity index (χ1v) is 9.11. The van der Waals surface area contributed by atoms with Crippen LogP contribution in [0.4, 0.5) is 0 Å². The fraction of sp³-hybridized carbons (Fsp3) is 1.00. The molecule has 0 spiro atoms. The molecule has 0 amide bonds. The molecule has 0 saturated heterocycles. The Bertz CT molecular complexity index is 178. The zero-order chi connectivity index (χ0) is 14.6. The molecule has 0 heterocycles. The largest absolute Gasteiger partial charge is 0.0654 e. The van der Waals surface area contributed by atoms with Crippen LogP contribution in [0.5, 0.6) is 0 Å². The van der Waals surface area contributed by atoms with E-state index in [0.29, 0.717) is 5.41 Å². The Morgan fingerprint density at radius 3 is 1.74 bits per heavy atom. The Labute approximate surface area is 123 Å². The lowest BCUT2D eigenvalue weighted by atomic mass is 9.79. The van der Waals surface area contributed by atoms with E-state index in [4.69, 9.17) is 0 Å². The van der Waals surface area contributed by atoms with E-state index >= 15 is 0 Å². The van der Waals surface area contributed by atoms with Crippen molar-refractivity contribution in [3.63, 3.8) is 0 Å². The molecule has 0 rings (SSSR count). The Kier molecular flexibility index (Phi) is 11.8. The van der Waals surface area contributed by atoms with Gasteiger partial charge in [0.2, 0.25) is 0 Å². The molecule has 0 radical (unpaired) electrons. The molecule has 19 heavy (non-hydrogen) atoms. The summed E-state index contributed by atoms with van der Waals surface area (Å²) in [6.07, 6.45) is 17.1. The van der Waals surface area contributed by atoms with Crippen LogP contribution in [-0.2, 0) is 0 Å². The molecule has 0 fully saturated rings. The number of rotatable bonds is 13. The summed E-state index contributed by atoms with van der Waals surface area (Å²) in [6, 6.07) is 0. The van der Waals surface area contributed by atoms with Crippen molar-refractivity contribution in [1.82, 2.24) is 0 Å². The SMILES string of the molecule is CCCCCC(CCC)CCCCC(C)(CC)CC. The molecular formula is C19H40. The van der Waals surface area contributed by atoms with Gasteiger partial charge in [0.05, 0.1) is 0 Å². The van der Waals surface area contributed by atoms with E-state index in [-0.39, 0.29) is 0 Å². The quantitative estimate of drug-likeness (QED) is 0.306. The molecule has 0 aromatic rings. The minimum absolute atomic E-state index is 0.614. The molecule has 0 aromatic heterocycles. The van der Waals surface area contributed by atoms with Crippen molar-refractivity contribution in [2.24, 2.45) is 11.3 Å². The lowest BCUT2D eigenvalue weighted by Gasteiger charge is -2.27. The first kappa shape index (κ1) is 19.0. The van der Waals surface area contributed by atoms with Crippen LogP contribution in [-0.4, -0.2) is 0 Å². The van der Waals surface area contributed by atoms with Crippen molar-refractivity contribution in [1.29, 1.82) is 0 Å². The van der Waals surface area contributed by atoms with E-state index in [1.807, 2.05) is 0 Å². The average molecular weight is 269 g/mol. The summed E-state index contributed by atoms with van der Waals surface area (Å²) in [4.78, 5) is 0. The van der Waals surface area contributed by atoms with Gasteiger partial charge in [0.15, 0.2) is 0 Å². The van der Waals surface area contributed by atoms with Crippen molar-refractivity contribution in [2.45, 2.75) is 112 Å². The van der Waals surface area contributed by atoms with Crippen LogP contribution < -0.4 is 0 Å². The number of hydrogen-bond donors (Lipinski definition) is 0. The van der Waals surface area contributed by atoms with Crippen LogP contribution >= 0.6 is 0 Å². The Morgan fingerprint density at radius 1 is 0.684 bits per heavy atom. The van der Waals surface area contributed by atoms with Gasteiger partial charge in [-0.15, -0.1) is 0 Å². The Hall–Kier alpha value is 0. The predicted octanol–water partition coefficient (Wildman–Crippen LogP) is 7.37. The van der Waals surface area contributed by atoms with E-state index in [2.05, 4.69) is 34.6 Å². The highest BCUT2D eigenvalue weighted by atomic mass is 14.2. The molecule has 1 unspecified atom stereocenters. The molecule has 0 aliphatic heterocycles. The van der Waals surface area contributed by atoms with Crippen LogP contribution in [0, 0.1) is 11.3 Å². The van der Waals surface area contributed by atoms with Gasteiger partial charge in [0.25, 0.3) is 0 Å². The molecule has 0 N–H and O–H groups in total. The molecule has 0 aromatic carbocycles. The fourth-order valence-corrected chi connectivity index (χ4v) is 3.11. The van der Waals surface area contributed by atoms with E-state index < -0.39 is 0 Å². The highest BCUT2D eigenvalue weighted by molar-refractivity contribution is 4.71. The van der Waals surface area contributed by atoms with Crippen LogP contribution in [0.25, 0.3) is 0 Å². The summed E-state index contributed by atoms with van der Waals surface area (Å²) in [5.41, 5.74) is 0.614. The second kappa shape index (κ2) is 11.8. The van der Waals surface area contributed by atoms with E-state index in [1.54, 1.807) is 0 Å². The standard InChI is InChI=1S/C19H40/c1-6-10-11-15-18(14-7-2)16-12-13-17-19(5,8-3)9-4/h18H,6-17H2,1-5H3. The highest BCUT2D eigenvalue weighted by Crippen LogP contribution is 2.32. The van der Waals surface area contributed by atoms with Gasteiger partial charge in [0.1, 0.15) is 0 Å². The maximum atomic E-state index is 2.47. The van der Waals surface area contributed by atoms with Crippen molar-refractivity contribution in [3.8, 4) is 0 Å². The average Bonchev–Trinajstić information content (AvgIpc) is 2.43. The van der Waals surface area contributed by atoms with Gasteiger partial charge in [-0.3, -0.25) is 0 Å². The fourth-order valence-electron chi connectivity index (χ4n) is 3.11. The van der Waals surface area contributed by atoms with Crippen molar-refractivity contribution < 1.29 is 0 Å². The second-order valence-electron chi connectivity index (χ2n) is 6.91. The first-order chi connectivity index (χ1) is 9.11. The van der Waals surface area contributed by atoms with Crippen LogP contribution in [0.1, 0.15) is 112 Å². The van der Waals surface area contributed by atoms with Gasteiger partial charge < -0.3 is 0 Å². The summed E-state index contributed by atoms with van der Waals surface area (Å²) in [5.74, 6) is 1.02. The maximum Gasteiger partial charge on any atom is -0.0331 e. The molecule has 0 saturated carbocycles. The van der Waals surface area contributed by atoms with E-state index in [1.165, 1.54) is 77.0 Å². The summed E-state index contributed by atoms with van der Waals surface area (Å²) in [5, 5.41) is 0. The van der Waals surface area contributed by atoms with Gasteiger partial charge >= 0.3 is 0 Å². The molecule has 116 valence electrons. The molecule has 0 bridgehead atoms. The third-order valence-electron chi connectivity index (χ3n) is 5.26. The number of unbranched alkanes of at least 4 members (excludes halogenated alkanes) is 3. The minimum atomic E-state index is 0.614. The van der Waals surface area contributed by atoms with Crippen molar-refractivity contribution >= 4 is 0 Å². The van der Waals surface area contributed by atoms with Crippen LogP contribution in [0.2, 0.25) is 0 Å². The maximum absolute atomic E-state index is 2.47. The van der Waals surface area contributed by atoms with Gasteiger partial charge in [-0.1, -0.05) is 105 Å². The molecule has 0 aliphatic carbocycles. The number of hydrogen-bond acceptors (Lipinski definition) is 0. The van der Waals surface area contributed by atoms with Gasteiger partial charge in [-0.05, 0) is 17.8 Å². The smallest absolute Gasteiger partial charge is 0.0331 e. The zero-order valence-electron chi connectivity index (χ0n) is 14.6. The van der Waals surface area contributed by atoms with Crippen LogP contribution in [0.3, 0.4) is 0 Å². The lowest BCUT2D eigenvalue weighted by molar-refractivity contribution is 0.256. The summed E-state index contributed by atoms with van der Waals surface area (Å²) < 4.78 is 0. The lowest BCUT2D eigenvalue weighted by Crippen LogP contribution is -2.13. The minimum Gasteiger partial charge on any atom is -0.0654 e. The highest BCUT2D eigenvalue weighted by Gasteiger charge is 2.18. The summed E-state index contributed by atoms with van der Waals surface area (Å²) >= 11 is 0. The first-order valence-electron chi connectivity index (χ1n) is 9.11. The molecule has 0 aliphatic rings. The molecule has 0 heteroatoms. The second-order valence-corrected chi connectivity index (χ2v) is 6.91. The molecular weight excluding hydrogens is 228 g/mol. The monoisotopic (exact) mass is 268 g/mol. The van der Waals surface area contributed by atoms with E-state index in [0.717, 1.165) is 5.92 Å². The van der Waals surface area contributed by atoms with Gasteiger partial charge in [-0.2, -0.15) is 0 Å². The third kappa shape index (κ3) is 9.52. The van der Waals surface area contributed by atoms with Crippen LogP contribution in [0.15, 0.2) is 0 Å². The summed E-state index contributed by atoms with van der Waals surface area (Å²) in [7, 11) is 0. The molecule has 0 nitrogen and oxygen atoms in total. The van der Waals surface area contributed by atoms with Gasteiger partial charge in [-0.25, -0.2) is 0 Å². The molecule has 1 atom stereocenters. The summed E-state index contributed by atoms with van der Waals surface area (Å²) in [6.45, 7) is 11.8. The van der Waals surface area contributed by atoms with E-state index in [9.17, 15) is 0 Å².